The van der Waals surface area contributed by atoms with Crippen molar-refractivity contribution in [2.45, 2.75) is 43.5 Å². The Morgan fingerprint density at radius 1 is 0.833 bits per heavy atom. The van der Waals surface area contributed by atoms with Crippen LogP contribution >= 0.6 is 0 Å². The number of likely N-dealkylation sites (tertiary alicyclic amines) is 1. The monoisotopic (exact) mass is 484 g/mol. The van der Waals surface area contributed by atoms with Crippen LogP contribution in [0.25, 0.3) is 0 Å². The quantitative estimate of drug-likeness (QED) is 0.564. The molecule has 2 bridgehead atoms. The van der Waals surface area contributed by atoms with E-state index >= 15 is 0 Å². The number of carboxylic acid groups (broad SMARTS) is 1. The second kappa shape index (κ2) is 10.2. The van der Waals surface area contributed by atoms with Gasteiger partial charge in [-0.2, -0.15) is 0 Å². The first-order valence-corrected chi connectivity index (χ1v) is 12.2. The largest absolute Gasteiger partial charge is 0.480 e. The molecule has 2 fully saturated rings. The van der Waals surface area contributed by atoms with Crippen LogP contribution < -0.4 is 0 Å². The highest BCUT2D eigenvalue weighted by atomic mass is 16.6. The molecule has 7 nitrogen and oxygen atoms in total. The summed E-state index contributed by atoms with van der Waals surface area (Å²) in [5, 5.41) is 10.2. The number of carbonyl (C=O) groups is 3. The highest BCUT2D eigenvalue weighted by molar-refractivity contribution is 5.92. The van der Waals surface area contributed by atoms with Crippen LogP contribution in [0.3, 0.4) is 0 Å². The maximum Gasteiger partial charge on any atom is 0.410 e. The molecular weight excluding hydrogens is 456 g/mol. The van der Waals surface area contributed by atoms with E-state index in [0.29, 0.717) is 12.8 Å². The summed E-state index contributed by atoms with van der Waals surface area (Å²) in [5.41, 5.74) is 2.46. The van der Waals surface area contributed by atoms with Gasteiger partial charge in [0.25, 0.3) is 0 Å². The number of carboxylic acids is 1. The molecule has 3 atom stereocenters. The lowest BCUT2D eigenvalue weighted by Gasteiger charge is -2.45. The Labute approximate surface area is 209 Å². The van der Waals surface area contributed by atoms with Gasteiger partial charge < -0.3 is 14.7 Å². The number of amides is 2. The first-order chi connectivity index (χ1) is 17.5. The van der Waals surface area contributed by atoms with Crippen LogP contribution in [0.15, 0.2) is 91.0 Å². The van der Waals surface area contributed by atoms with Crippen molar-refractivity contribution in [3.63, 3.8) is 0 Å². The molecule has 2 saturated heterocycles. The minimum atomic E-state index is -1.14. The third-order valence-corrected chi connectivity index (χ3v) is 7.12. The average Bonchev–Trinajstić information content (AvgIpc) is 3.21. The normalized spacial score (nSPS) is 20.9. The van der Waals surface area contributed by atoms with Crippen molar-refractivity contribution < 1.29 is 24.2 Å². The maximum absolute atomic E-state index is 14.0. The van der Waals surface area contributed by atoms with Crippen molar-refractivity contribution in [3.05, 3.63) is 108 Å². The van der Waals surface area contributed by atoms with Gasteiger partial charge in [-0.05, 0) is 29.5 Å². The zero-order valence-electron chi connectivity index (χ0n) is 19.8. The van der Waals surface area contributed by atoms with Gasteiger partial charge in [-0.15, -0.1) is 0 Å². The molecule has 2 aliphatic heterocycles. The lowest BCUT2D eigenvalue weighted by Crippen LogP contribution is -2.65. The molecule has 0 saturated carbocycles. The van der Waals surface area contributed by atoms with E-state index < -0.39 is 30.1 Å². The molecule has 0 radical (unpaired) electrons. The number of piperazine rings is 1. The zero-order valence-corrected chi connectivity index (χ0v) is 19.8. The molecule has 0 aliphatic carbocycles. The minimum Gasteiger partial charge on any atom is -0.480 e. The number of benzene rings is 3. The Balaban J connectivity index is 1.41. The second-order valence-corrected chi connectivity index (χ2v) is 9.27. The molecule has 184 valence electrons. The Morgan fingerprint density at radius 3 is 1.94 bits per heavy atom. The fourth-order valence-electron chi connectivity index (χ4n) is 5.49. The summed E-state index contributed by atoms with van der Waals surface area (Å²) in [4.78, 5) is 42.7. The molecule has 0 aromatic heterocycles. The van der Waals surface area contributed by atoms with E-state index in [1.807, 2.05) is 91.0 Å². The van der Waals surface area contributed by atoms with E-state index in [9.17, 15) is 19.5 Å². The summed E-state index contributed by atoms with van der Waals surface area (Å²) in [7, 11) is 0. The van der Waals surface area contributed by atoms with Crippen LogP contribution in [0.4, 0.5) is 4.79 Å². The average molecular weight is 485 g/mol. The molecule has 2 amide bonds. The smallest absolute Gasteiger partial charge is 0.410 e. The van der Waals surface area contributed by atoms with E-state index in [2.05, 4.69) is 0 Å². The SMILES string of the molecule is O=C(O)[C@H]1[C@@H]2CC[C@H](CN1C(=O)C(c1ccccc1)c1ccccc1)N2C(=O)OCc1ccccc1. The molecule has 0 spiro atoms. The number of rotatable bonds is 6. The van der Waals surface area contributed by atoms with Crippen molar-refractivity contribution in [1.82, 2.24) is 9.80 Å². The molecule has 5 rings (SSSR count). The van der Waals surface area contributed by atoms with Crippen molar-refractivity contribution in [2.75, 3.05) is 6.54 Å². The maximum atomic E-state index is 14.0. The number of hydrogen-bond acceptors (Lipinski definition) is 4. The second-order valence-electron chi connectivity index (χ2n) is 9.27. The summed E-state index contributed by atoms with van der Waals surface area (Å²) in [6.07, 6.45) is 0.597. The molecule has 2 aliphatic rings. The van der Waals surface area contributed by atoms with Gasteiger partial charge in [-0.1, -0.05) is 91.0 Å². The molecule has 1 N–H and O–H groups in total. The molecule has 3 aromatic rings. The number of carbonyl (C=O) groups excluding carboxylic acids is 2. The van der Waals surface area contributed by atoms with E-state index in [1.54, 1.807) is 4.90 Å². The van der Waals surface area contributed by atoms with Crippen molar-refractivity contribution >= 4 is 18.0 Å². The van der Waals surface area contributed by atoms with Gasteiger partial charge in [0.05, 0.1) is 18.0 Å². The van der Waals surface area contributed by atoms with Gasteiger partial charge in [-0.25, -0.2) is 9.59 Å². The van der Waals surface area contributed by atoms with Crippen LogP contribution in [0, 0.1) is 0 Å². The van der Waals surface area contributed by atoms with Crippen LogP contribution in [-0.4, -0.2) is 57.5 Å². The van der Waals surface area contributed by atoms with Gasteiger partial charge >= 0.3 is 12.1 Å². The zero-order chi connectivity index (χ0) is 25.1. The first-order valence-electron chi connectivity index (χ1n) is 12.2. The molecule has 0 unspecified atom stereocenters. The van der Waals surface area contributed by atoms with Gasteiger partial charge in [0.2, 0.25) is 5.91 Å². The number of fused-ring (bicyclic) bond motifs is 2. The van der Waals surface area contributed by atoms with Crippen LogP contribution in [0.5, 0.6) is 0 Å². The predicted octanol–water partition coefficient (Wildman–Crippen LogP) is 4.28. The summed E-state index contributed by atoms with van der Waals surface area (Å²) in [6, 6.07) is 26.1. The molecular formula is C29H28N2O5. The lowest BCUT2D eigenvalue weighted by molar-refractivity contribution is -0.156. The molecule has 2 heterocycles. The Morgan fingerprint density at radius 2 is 1.39 bits per heavy atom. The minimum absolute atomic E-state index is 0.111. The fourth-order valence-corrected chi connectivity index (χ4v) is 5.49. The van der Waals surface area contributed by atoms with Crippen LogP contribution in [0.1, 0.15) is 35.4 Å². The first kappa shape index (κ1) is 23.6. The highest BCUT2D eigenvalue weighted by Gasteiger charge is 2.54. The number of hydrogen-bond donors (Lipinski definition) is 1. The van der Waals surface area contributed by atoms with E-state index in [4.69, 9.17) is 4.74 Å². The Bertz CT molecular complexity index is 1180. The third-order valence-electron chi connectivity index (χ3n) is 7.12. The number of aliphatic carboxylic acids is 1. The summed E-state index contributed by atoms with van der Waals surface area (Å²) in [6.45, 7) is 0.267. The topological polar surface area (TPSA) is 87.2 Å². The molecule has 3 aromatic carbocycles. The standard InChI is InChI=1S/C29H28N2O5/c32-27(25(21-12-6-2-7-13-21)22-14-8-3-9-15-22)30-18-23-16-17-24(26(30)28(33)34)31(23)29(35)36-19-20-10-4-1-5-11-20/h1-15,23-26H,16-19H2,(H,33,34)/t23-,24+,26-/m1/s1. The fraction of sp³-hybridized carbons (Fsp3) is 0.276. The molecule has 36 heavy (non-hydrogen) atoms. The summed E-state index contributed by atoms with van der Waals surface area (Å²) in [5.74, 6) is -2.02. The van der Waals surface area contributed by atoms with Crippen molar-refractivity contribution in [1.29, 1.82) is 0 Å². The van der Waals surface area contributed by atoms with Crippen LogP contribution in [0.2, 0.25) is 0 Å². The van der Waals surface area contributed by atoms with E-state index in [0.717, 1.165) is 16.7 Å². The summed E-state index contributed by atoms with van der Waals surface area (Å²) < 4.78 is 5.55. The van der Waals surface area contributed by atoms with E-state index in [-0.39, 0.29) is 25.1 Å². The third kappa shape index (κ3) is 4.56. The van der Waals surface area contributed by atoms with Gasteiger partial charge in [0.15, 0.2) is 0 Å². The Kier molecular flexibility index (Phi) is 6.71. The van der Waals surface area contributed by atoms with Crippen molar-refractivity contribution in [3.8, 4) is 0 Å². The predicted molar refractivity (Wildman–Crippen MR) is 133 cm³/mol. The number of nitrogens with zero attached hydrogens (tertiary/aromatic N) is 2. The van der Waals surface area contributed by atoms with Crippen LogP contribution in [-0.2, 0) is 20.9 Å². The van der Waals surface area contributed by atoms with Gasteiger partial charge in [0, 0.05) is 6.54 Å². The van der Waals surface area contributed by atoms with Gasteiger partial charge in [-0.3, -0.25) is 9.69 Å². The van der Waals surface area contributed by atoms with Crippen molar-refractivity contribution in [2.24, 2.45) is 0 Å². The lowest BCUT2D eigenvalue weighted by atomic mass is 9.88. The summed E-state index contributed by atoms with van der Waals surface area (Å²) >= 11 is 0. The van der Waals surface area contributed by atoms with Gasteiger partial charge in [0.1, 0.15) is 12.6 Å². The highest BCUT2D eigenvalue weighted by Crippen LogP contribution is 2.38. The molecule has 7 heteroatoms. The van der Waals surface area contributed by atoms with E-state index in [1.165, 1.54) is 4.90 Å². The Hall–Kier alpha value is -4.13. The number of ether oxygens (including phenoxy) is 1.